The number of hydrazone groups is 4. The molecule has 0 bridgehead atoms. The molecule has 0 N–H and O–H groups in total. The highest BCUT2D eigenvalue weighted by Gasteiger charge is 2.32. The lowest BCUT2D eigenvalue weighted by molar-refractivity contribution is 0.260. The summed E-state index contributed by atoms with van der Waals surface area (Å²) in [4.78, 5) is 9.14. The average molecular weight is 1750 g/mol. The Balaban J connectivity index is 0.000000124. The summed E-state index contributed by atoms with van der Waals surface area (Å²) in [6.45, 7) is 13.8. The molecule has 20 rings (SSSR count). The highest BCUT2D eigenvalue weighted by molar-refractivity contribution is 5.92. The number of hydrogen-bond acceptors (Lipinski definition) is 20. The van der Waals surface area contributed by atoms with E-state index in [4.69, 9.17) is 58.3 Å². The number of hydrogen-bond donors (Lipinski definition) is 0. The molecule has 0 amide bonds. The Morgan fingerprint density at radius 3 is 0.886 bits per heavy atom. The van der Waals surface area contributed by atoms with Crippen LogP contribution in [-0.4, -0.2) is 142 Å². The molecule has 132 heavy (non-hydrogen) atoms. The number of rotatable bonds is 35. The van der Waals surface area contributed by atoms with Crippen molar-refractivity contribution in [2.24, 2.45) is 20.4 Å². The minimum Gasteiger partial charge on any atom is -0.490 e. The lowest BCUT2D eigenvalue weighted by atomic mass is 9.89. The van der Waals surface area contributed by atoms with Crippen LogP contribution < -0.4 is 58.6 Å². The summed E-state index contributed by atoms with van der Waals surface area (Å²) in [6, 6.07) is 123. The van der Waals surface area contributed by atoms with Crippen LogP contribution in [0.3, 0.4) is 0 Å². The summed E-state index contributed by atoms with van der Waals surface area (Å²) < 4.78 is 46.3. The topological polar surface area (TPSA) is 162 Å². The number of aryl methyl sites for hydroxylation is 1. The fourth-order valence-electron chi connectivity index (χ4n) is 15.7. The summed E-state index contributed by atoms with van der Waals surface area (Å²) >= 11 is 0. The molecule has 0 aliphatic carbocycles. The van der Waals surface area contributed by atoms with Gasteiger partial charge in [-0.2, -0.15) is 20.4 Å². The predicted octanol–water partition coefficient (Wildman–Crippen LogP) is 23.6. The number of epoxide rings is 4. The fourth-order valence-corrected chi connectivity index (χ4v) is 15.7. The van der Waals surface area contributed by atoms with Gasteiger partial charge in [-0.1, -0.05) is 182 Å². The van der Waals surface area contributed by atoms with Gasteiger partial charge in [-0.05, 0) is 209 Å². The molecule has 20 heteroatoms. The van der Waals surface area contributed by atoms with E-state index in [-0.39, 0.29) is 24.4 Å². The van der Waals surface area contributed by atoms with Gasteiger partial charge in [0.1, 0.15) is 73.8 Å². The molecule has 6 aliphatic heterocycles. The van der Waals surface area contributed by atoms with Gasteiger partial charge in [-0.3, -0.25) is 0 Å². The molecule has 4 atom stereocenters. The van der Waals surface area contributed by atoms with Gasteiger partial charge in [-0.25, -0.2) is 20.0 Å². The predicted molar refractivity (Wildman–Crippen MR) is 539 cm³/mol. The maximum atomic E-state index is 6.41. The van der Waals surface area contributed by atoms with Crippen LogP contribution in [-0.2, 0) is 31.8 Å². The molecule has 4 fully saturated rings. The van der Waals surface area contributed by atoms with Crippen LogP contribution >= 0.6 is 0 Å². The second kappa shape index (κ2) is 45.0. The van der Waals surface area contributed by atoms with E-state index in [0.29, 0.717) is 26.4 Å². The number of ether oxygens (including phenoxy) is 8. The van der Waals surface area contributed by atoms with Gasteiger partial charge in [0.25, 0.3) is 0 Å². The Morgan fingerprint density at radius 2 is 0.576 bits per heavy atom. The van der Waals surface area contributed by atoms with E-state index >= 15 is 0 Å². The largest absolute Gasteiger partial charge is 0.490 e. The number of anilines is 14. The minimum atomic E-state index is 0.142. The van der Waals surface area contributed by atoms with E-state index in [1.807, 2.05) is 277 Å². The molecule has 0 saturated carbocycles. The fraction of sp³-hybridized carbons (Fsp3) is 0.214. The van der Waals surface area contributed by atoms with Gasteiger partial charge in [-0.15, -0.1) is 0 Å². The lowest BCUT2D eigenvalue weighted by Gasteiger charge is -2.38. The zero-order valence-corrected chi connectivity index (χ0v) is 75.2. The second-order valence-corrected chi connectivity index (χ2v) is 32.7. The molecule has 20 nitrogen and oxygen atoms in total. The lowest BCUT2D eigenvalue weighted by Crippen LogP contribution is -2.35. The minimum absolute atomic E-state index is 0.142. The summed E-state index contributed by atoms with van der Waals surface area (Å²) in [7, 11) is 4.03. The Bertz CT molecular complexity index is 5860. The van der Waals surface area contributed by atoms with Gasteiger partial charge in [0.2, 0.25) is 0 Å². The van der Waals surface area contributed by atoms with Crippen molar-refractivity contribution in [3.8, 4) is 23.0 Å². The van der Waals surface area contributed by atoms with Crippen LogP contribution in [0.4, 0.5) is 79.6 Å². The Kier molecular flexibility index (Phi) is 30.4. The van der Waals surface area contributed by atoms with Gasteiger partial charge < -0.3 is 57.5 Å². The SMILES string of the molecule is C(=N\N(c1ccccc1)c1ccccc1)/c1cc2c3c(c1OCC1CO1)CCCN3CCC2.C(=N\N(c1ccccc1)c1ccccc1)/c1ccc(N(c2ccccc2)c2ccccc2)cc1OCC1CO1.CCN(CC)c1ccc(/C=N/N(c2ccccc2)c2ccccc2)c(OCC2CO2)c1.CN(C)c1ccc(/C=N/N(c2ccccc2)c2ccccc2)c(OCC2CO2)c1. The van der Waals surface area contributed by atoms with E-state index < -0.39 is 0 Å². The van der Waals surface area contributed by atoms with Crippen LogP contribution in [0.25, 0.3) is 0 Å². The van der Waals surface area contributed by atoms with Crippen LogP contribution in [0.1, 0.15) is 60.1 Å². The quantitative estimate of drug-likeness (QED) is 0.0209. The first-order chi connectivity index (χ1) is 65.2. The molecule has 14 aromatic rings. The van der Waals surface area contributed by atoms with Crippen molar-refractivity contribution in [3.05, 3.63) is 397 Å². The van der Waals surface area contributed by atoms with Crippen molar-refractivity contribution in [1.29, 1.82) is 0 Å². The van der Waals surface area contributed by atoms with Crippen molar-refractivity contribution < 1.29 is 37.9 Å². The first kappa shape index (κ1) is 89.2. The van der Waals surface area contributed by atoms with Crippen LogP contribution in [0.2, 0.25) is 0 Å². The zero-order chi connectivity index (χ0) is 89.8. The van der Waals surface area contributed by atoms with Gasteiger partial charge in [0.05, 0.1) is 96.8 Å². The van der Waals surface area contributed by atoms with Crippen molar-refractivity contribution in [2.45, 2.75) is 63.9 Å². The van der Waals surface area contributed by atoms with Crippen LogP contribution in [0.5, 0.6) is 23.0 Å². The third-order valence-electron chi connectivity index (χ3n) is 23.0. The summed E-state index contributed by atoms with van der Waals surface area (Å²) in [5.41, 5.74) is 21.4. The van der Waals surface area contributed by atoms with E-state index in [0.717, 1.165) is 185 Å². The third kappa shape index (κ3) is 24.4. The summed E-state index contributed by atoms with van der Waals surface area (Å²) in [5.74, 6) is 3.37. The van der Waals surface area contributed by atoms with E-state index in [9.17, 15) is 0 Å². The van der Waals surface area contributed by atoms with Gasteiger partial charge in [0, 0.05) is 120 Å². The van der Waals surface area contributed by atoms with E-state index in [1.54, 1.807) is 0 Å². The van der Waals surface area contributed by atoms with Gasteiger partial charge >= 0.3 is 0 Å². The molecule has 0 spiro atoms. The van der Waals surface area contributed by atoms with Crippen LogP contribution in [0.15, 0.2) is 384 Å². The standard InChI is InChI=1S/C34H29N3O2.C28H29N3O2.C26H29N3O2.C24H25N3O2/c1-5-13-28(14-6-1)36(29-15-7-2-8-16-29)32-22-21-27(34(23-32)39-26-33-25-38-33)24-35-37(30-17-9-3-10-18-30)31-19-11-4-12-20-31;1-3-10-23(11-4-1)31(24-12-5-2-6-13-24)29-18-22-17-21-9-7-15-30-16-8-14-26(27(21)30)28(22)33-20-25-19-32-25;1-3-28(4-2)24-16-15-21(26(17-24)31-20-25-19-30-25)18-27-29(22-11-7-5-8-12-22)23-13-9-6-10-14-23;1-26(2)22-14-13-19(24(15-22)29-18-23-17-28-23)16-25-27(20-9-5-3-6-10-20)21-11-7-4-8-12-21/h1-24,33H,25-26H2;1-6,10-13,17-18,25H,7-9,14-16,19-20H2;5-18,25H,3-4,19-20H2,1-2H3;3-16,23H,17-18H2,1-2H3/b35-24+;29-18+;27-18+;25-16+. The molecule has 4 unspecified atom stereocenters. The molecule has 668 valence electrons. The summed E-state index contributed by atoms with van der Waals surface area (Å²) in [5, 5.41) is 27.3. The smallest absolute Gasteiger partial charge is 0.133 e. The Morgan fingerprint density at radius 1 is 0.303 bits per heavy atom. The second-order valence-electron chi connectivity index (χ2n) is 32.7. The van der Waals surface area contributed by atoms with Crippen molar-refractivity contribution in [2.75, 3.05) is 133 Å². The molecule has 6 heterocycles. The first-order valence-electron chi connectivity index (χ1n) is 45.6. The Hall–Kier alpha value is -14.8. The van der Waals surface area contributed by atoms with Crippen molar-refractivity contribution >= 4 is 104 Å². The highest BCUT2D eigenvalue weighted by atomic mass is 16.6. The molecular weight excluding hydrogens is 1640 g/mol. The molecule has 6 aliphatic rings. The number of nitrogens with zero attached hydrogens (tertiary/aromatic N) is 12. The number of para-hydroxylation sites is 10. The van der Waals surface area contributed by atoms with Crippen molar-refractivity contribution in [1.82, 2.24) is 0 Å². The normalized spacial score (nSPS) is 15.8. The average Bonchev–Trinajstić information content (AvgIpc) is 1.62. The maximum absolute atomic E-state index is 6.41. The molecule has 4 saturated heterocycles. The van der Waals surface area contributed by atoms with Crippen LogP contribution in [0, 0.1) is 0 Å². The first-order valence-corrected chi connectivity index (χ1v) is 45.6. The molecule has 0 radical (unpaired) electrons. The van der Waals surface area contributed by atoms with Crippen molar-refractivity contribution in [3.63, 3.8) is 0 Å². The monoisotopic (exact) mass is 1750 g/mol. The zero-order valence-electron chi connectivity index (χ0n) is 75.2. The maximum Gasteiger partial charge on any atom is 0.133 e. The Labute approximate surface area is 775 Å². The summed E-state index contributed by atoms with van der Waals surface area (Å²) in [6.07, 6.45) is 12.9. The van der Waals surface area contributed by atoms with E-state index in [1.165, 1.54) is 29.7 Å². The third-order valence-corrected chi connectivity index (χ3v) is 23.0. The highest BCUT2D eigenvalue weighted by Crippen LogP contribution is 2.44. The molecule has 14 aromatic carbocycles. The van der Waals surface area contributed by atoms with Gasteiger partial charge in [0.15, 0.2) is 0 Å². The number of benzene rings is 14. The molecule has 0 aromatic heterocycles. The van der Waals surface area contributed by atoms with E-state index in [2.05, 4.69) is 179 Å². The molecular formula is C112H112N12O8.